The van der Waals surface area contributed by atoms with Crippen LogP contribution in [0.3, 0.4) is 0 Å². The van der Waals surface area contributed by atoms with E-state index in [-0.39, 0.29) is 11.3 Å². The van der Waals surface area contributed by atoms with Crippen LogP contribution in [0.2, 0.25) is 5.02 Å². The zero-order valence-corrected chi connectivity index (χ0v) is 12.9. The van der Waals surface area contributed by atoms with Gasteiger partial charge in [0.25, 0.3) is 5.91 Å². The second-order valence-electron chi connectivity index (χ2n) is 4.53. The number of hydrogen-bond donors (Lipinski definition) is 3. The molecule has 0 aliphatic carbocycles. The van der Waals surface area contributed by atoms with Crippen LogP contribution in [-0.4, -0.2) is 22.7 Å². The lowest BCUT2D eigenvalue weighted by Gasteiger charge is -2.05. The third-order valence-electron chi connectivity index (χ3n) is 2.85. The fraction of sp³-hybridized carbons (Fsp3) is 0. The molecule has 0 spiro atoms. The van der Waals surface area contributed by atoms with E-state index in [1.165, 1.54) is 24.3 Å². The highest BCUT2D eigenvalue weighted by Crippen LogP contribution is 2.13. The molecule has 0 unspecified atom stereocenters. The van der Waals surface area contributed by atoms with Crippen molar-refractivity contribution < 1.29 is 14.7 Å². The second kappa shape index (κ2) is 7.76. The Hall–Kier alpha value is -3.37. The van der Waals surface area contributed by atoms with Gasteiger partial charge in [-0.05, 0) is 48.5 Å². The lowest BCUT2D eigenvalue weighted by Crippen LogP contribution is -2.22. The van der Waals surface area contributed by atoms with Gasteiger partial charge in [-0.2, -0.15) is 10.4 Å². The van der Waals surface area contributed by atoms with Crippen LogP contribution in [0.4, 0.5) is 11.4 Å². The quantitative estimate of drug-likeness (QED) is 0.570. The van der Waals surface area contributed by atoms with Crippen LogP contribution in [0.25, 0.3) is 0 Å². The predicted octanol–water partition coefficient (Wildman–Crippen LogP) is 2.97. The molecule has 24 heavy (non-hydrogen) atoms. The summed E-state index contributed by atoms with van der Waals surface area (Å²) in [6.45, 7) is 0. The summed E-state index contributed by atoms with van der Waals surface area (Å²) in [6, 6.07) is 13.8. The normalized spacial score (nSPS) is 10.6. The number of hydrazone groups is 1. The first-order chi connectivity index (χ1) is 11.5. The summed E-state index contributed by atoms with van der Waals surface area (Å²) in [7, 11) is 0. The topological polar surface area (TPSA) is 115 Å². The lowest BCUT2D eigenvalue weighted by molar-refractivity contribution is -0.110. The van der Waals surface area contributed by atoms with E-state index >= 15 is 0 Å². The first kappa shape index (κ1) is 17.0. The standard InChI is InChI=1S/C16H11ClN4O3/c17-11-3-7-13(8-4-11)20-21-14(9-18)15(22)19-12-5-1-10(2-6-12)16(23)24/h1-8,20H,(H,19,22)(H,23,24)/b21-14+. The Morgan fingerprint density at radius 2 is 1.62 bits per heavy atom. The number of carboxylic acids is 1. The molecule has 0 aromatic heterocycles. The summed E-state index contributed by atoms with van der Waals surface area (Å²) >= 11 is 5.76. The molecule has 2 rings (SSSR count). The SMILES string of the molecule is N#C/C(=N\Nc1ccc(Cl)cc1)C(=O)Nc1ccc(C(=O)O)cc1. The molecule has 0 fully saturated rings. The number of rotatable bonds is 5. The maximum atomic E-state index is 12.0. The van der Waals surface area contributed by atoms with E-state index in [0.29, 0.717) is 16.4 Å². The molecule has 0 aliphatic heterocycles. The first-order valence-electron chi connectivity index (χ1n) is 6.63. The zero-order chi connectivity index (χ0) is 17.5. The molecule has 0 heterocycles. The smallest absolute Gasteiger partial charge is 0.335 e. The highest BCUT2D eigenvalue weighted by molar-refractivity contribution is 6.48. The number of nitrogens with zero attached hydrogens (tertiary/aromatic N) is 2. The van der Waals surface area contributed by atoms with Gasteiger partial charge in [-0.1, -0.05) is 11.6 Å². The van der Waals surface area contributed by atoms with Crippen molar-refractivity contribution in [2.75, 3.05) is 10.7 Å². The van der Waals surface area contributed by atoms with E-state index in [1.807, 2.05) is 0 Å². The van der Waals surface area contributed by atoms with Crippen LogP contribution in [0.15, 0.2) is 53.6 Å². The van der Waals surface area contributed by atoms with Gasteiger partial charge in [0.2, 0.25) is 5.71 Å². The van der Waals surface area contributed by atoms with Gasteiger partial charge in [-0.15, -0.1) is 0 Å². The number of anilines is 2. The Kier molecular flexibility index (Phi) is 5.49. The largest absolute Gasteiger partial charge is 0.478 e. The lowest BCUT2D eigenvalue weighted by atomic mass is 10.2. The maximum Gasteiger partial charge on any atom is 0.335 e. The molecule has 0 aliphatic rings. The minimum Gasteiger partial charge on any atom is -0.478 e. The Labute approximate surface area is 142 Å². The van der Waals surface area contributed by atoms with Crippen molar-refractivity contribution in [3.63, 3.8) is 0 Å². The molecule has 0 bridgehead atoms. The molecular formula is C16H11ClN4O3. The molecule has 0 radical (unpaired) electrons. The number of carbonyl (C=O) groups is 2. The van der Waals surface area contributed by atoms with Crippen molar-refractivity contribution in [2.45, 2.75) is 0 Å². The van der Waals surface area contributed by atoms with Crippen LogP contribution in [0.1, 0.15) is 10.4 Å². The Morgan fingerprint density at radius 3 is 2.17 bits per heavy atom. The van der Waals surface area contributed by atoms with Gasteiger partial charge >= 0.3 is 5.97 Å². The fourth-order valence-corrected chi connectivity index (χ4v) is 1.78. The maximum absolute atomic E-state index is 12.0. The van der Waals surface area contributed by atoms with Crippen LogP contribution in [0, 0.1) is 11.3 Å². The van der Waals surface area contributed by atoms with Crippen molar-refractivity contribution in [1.29, 1.82) is 5.26 Å². The van der Waals surface area contributed by atoms with Crippen LogP contribution in [0.5, 0.6) is 0 Å². The van der Waals surface area contributed by atoms with Gasteiger partial charge in [-0.3, -0.25) is 10.2 Å². The monoisotopic (exact) mass is 342 g/mol. The van der Waals surface area contributed by atoms with E-state index in [4.69, 9.17) is 22.0 Å². The number of halogens is 1. The summed E-state index contributed by atoms with van der Waals surface area (Å²) in [5, 5.41) is 24.6. The minimum absolute atomic E-state index is 0.0894. The van der Waals surface area contributed by atoms with Crippen molar-refractivity contribution in [1.82, 2.24) is 0 Å². The van der Waals surface area contributed by atoms with Crippen molar-refractivity contribution in [3.8, 4) is 6.07 Å². The molecule has 2 aromatic carbocycles. The summed E-state index contributed by atoms with van der Waals surface area (Å²) in [5.74, 6) is -1.79. The average molecular weight is 343 g/mol. The molecule has 7 nitrogen and oxygen atoms in total. The summed E-state index contributed by atoms with van der Waals surface area (Å²) < 4.78 is 0. The summed E-state index contributed by atoms with van der Waals surface area (Å²) in [4.78, 5) is 22.8. The van der Waals surface area contributed by atoms with Gasteiger partial charge in [0, 0.05) is 10.7 Å². The number of carboxylic acid groups (broad SMARTS) is 1. The number of nitrogens with one attached hydrogen (secondary N) is 2. The molecule has 3 N–H and O–H groups in total. The van der Waals surface area contributed by atoms with Gasteiger partial charge in [-0.25, -0.2) is 4.79 Å². The Bertz CT molecular complexity index is 824. The first-order valence-corrected chi connectivity index (χ1v) is 7.01. The number of benzene rings is 2. The Balaban J connectivity index is 2.05. The third-order valence-corrected chi connectivity index (χ3v) is 3.10. The van der Waals surface area contributed by atoms with E-state index in [9.17, 15) is 9.59 Å². The summed E-state index contributed by atoms with van der Waals surface area (Å²) in [5.41, 5.74) is 3.20. The average Bonchev–Trinajstić information content (AvgIpc) is 2.57. The number of carbonyl (C=O) groups excluding carboxylic acids is 1. The van der Waals surface area contributed by atoms with E-state index < -0.39 is 11.9 Å². The van der Waals surface area contributed by atoms with Crippen LogP contribution in [-0.2, 0) is 4.79 Å². The van der Waals surface area contributed by atoms with Gasteiger partial charge < -0.3 is 10.4 Å². The third kappa shape index (κ3) is 4.56. The molecule has 120 valence electrons. The highest BCUT2D eigenvalue weighted by atomic mass is 35.5. The van der Waals surface area contributed by atoms with Gasteiger partial charge in [0.05, 0.1) is 11.3 Å². The Morgan fingerprint density at radius 1 is 1.04 bits per heavy atom. The number of hydrogen-bond acceptors (Lipinski definition) is 5. The number of aromatic carboxylic acids is 1. The molecular weight excluding hydrogens is 332 g/mol. The number of amides is 1. The molecule has 8 heteroatoms. The molecule has 2 aromatic rings. The minimum atomic E-state index is -1.07. The number of nitriles is 1. The fourth-order valence-electron chi connectivity index (χ4n) is 1.66. The van der Waals surface area contributed by atoms with Gasteiger partial charge in [0.15, 0.2) is 0 Å². The van der Waals surface area contributed by atoms with E-state index in [2.05, 4.69) is 15.8 Å². The molecule has 0 saturated carbocycles. The van der Waals surface area contributed by atoms with Crippen molar-refractivity contribution >= 4 is 40.6 Å². The predicted molar refractivity (Wildman–Crippen MR) is 90.2 cm³/mol. The van der Waals surface area contributed by atoms with E-state index in [1.54, 1.807) is 30.3 Å². The van der Waals surface area contributed by atoms with Gasteiger partial charge in [0.1, 0.15) is 6.07 Å². The molecule has 0 atom stereocenters. The van der Waals surface area contributed by atoms with Crippen molar-refractivity contribution in [3.05, 3.63) is 59.1 Å². The van der Waals surface area contributed by atoms with Crippen LogP contribution < -0.4 is 10.7 Å². The summed E-state index contributed by atoms with van der Waals surface area (Å²) in [6.07, 6.45) is 0. The molecule has 1 amide bonds. The zero-order valence-electron chi connectivity index (χ0n) is 12.2. The molecule has 0 saturated heterocycles. The highest BCUT2D eigenvalue weighted by Gasteiger charge is 2.12. The van der Waals surface area contributed by atoms with Crippen molar-refractivity contribution in [2.24, 2.45) is 5.10 Å². The second-order valence-corrected chi connectivity index (χ2v) is 4.96. The van der Waals surface area contributed by atoms with E-state index in [0.717, 1.165) is 0 Å². The van der Waals surface area contributed by atoms with Crippen LogP contribution >= 0.6 is 11.6 Å².